The number of esters is 1. The van der Waals surface area contributed by atoms with Crippen molar-refractivity contribution in [3.8, 4) is 0 Å². The number of carbonyl (C=O) groups excluding carboxylic acids is 1. The highest BCUT2D eigenvalue weighted by Crippen LogP contribution is 2.43. The van der Waals surface area contributed by atoms with Crippen molar-refractivity contribution in [1.82, 2.24) is 0 Å². The van der Waals surface area contributed by atoms with Crippen LogP contribution < -0.4 is 5.73 Å². The van der Waals surface area contributed by atoms with Crippen LogP contribution in [0.15, 0.2) is 12.2 Å². The zero-order chi connectivity index (χ0) is 23.9. The van der Waals surface area contributed by atoms with E-state index in [1.165, 1.54) is 44.9 Å². The highest BCUT2D eigenvalue weighted by Gasteiger charge is 2.25. The van der Waals surface area contributed by atoms with Gasteiger partial charge in [0.25, 0.3) is 0 Å². The summed E-state index contributed by atoms with van der Waals surface area (Å²) in [7, 11) is -4.23. The van der Waals surface area contributed by atoms with E-state index in [-0.39, 0.29) is 32.3 Å². The quantitative estimate of drug-likeness (QED) is 0.0879. The molecule has 0 aromatic heterocycles. The van der Waals surface area contributed by atoms with E-state index < -0.39 is 13.9 Å². The van der Waals surface area contributed by atoms with Gasteiger partial charge in [0.2, 0.25) is 0 Å². The highest BCUT2D eigenvalue weighted by atomic mass is 31.2. The highest BCUT2D eigenvalue weighted by molar-refractivity contribution is 7.47. The minimum absolute atomic E-state index is 0.0964. The van der Waals surface area contributed by atoms with Crippen molar-refractivity contribution in [2.45, 2.75) is 97.0 Å². The maximum Gasteiger partial charge on any atom is 0.472 e. The van der Waals surface area contributed by atoms with Crippen LogP contribution in [0.2, 0.25) is 0 Å². The predicted octanol–water partition coefficient (Wildman–Crippen LogP) is 5.28. The molecule has 2 unspecified atom stereocenters. The predicted molar refractivity (Wildman–Crippen MR) is 127 cm³/mol. The maximum absolute atomic E-state index is 11.9. The van der Waals surface area contributed by atoms with Crippen LogP contribution in [0.4, 0.5) is 0 Å². The van der Waals surface area contributed by atoms with Crippen molar-refractivity contribution in [2.24, 2.45) is 5.73 Å². The molecule has 0 aliphatic carbocycles. The Morgan fingerprint density at radius 1 is 0.906 bits per heavy atom. The number of ether oxygens (including phenoxy) is 2. The second-order valence-electron chi connectivity index (χ2n) is 7.85. The number of hydrogen-bond acceptors (Lipinski definition) is 7. The summed E-state index contributed by atoms with van der Waals surface area (Å²) in [5.41, 5.74) is 5.26. The molecular weight excluding hydrogens is 433 g/mol. The van der Waals surface area contributed by atoms with Gasteiger partial charge in [-0.3, -0.25) is 13.8 Å². The third-order valence-electron chi connectivity index (χ3n) is 4.66. The topological polar surface area (TPSA) is 117 Å². The van der Waals surface area contributed by atoms with E-state index in [2.05, 4.69) is 19.1 Å². The molecule has 8 nitrogen and oxygen atoms in total. The molecule has 0 saturated carbocycles. The van der Waals surface area contributed by atoms with Gasteiger partial charge in [-0.05, 0) is 32.1 Å². The van der Waals surface area contributed by atoms with Crippen molar-refractivity contribution in [1.29, 1.82) is 0 Å². The molecule has 32 heavy (non-hydrogen) atoms. The van der Waals surface area contributed by atoms with E-state index in [0.29, 0.717) is 13.0 Å². The molecule has 0 heterocycles. The summed E-state index contributed by atoms with van der Waals surface area (Å²) in [6, 6.07) is 0. The first kappa shape index (κ1) is 31.2. The monoisotopic (exact) mass is 479 g/mol. The standard InChI is InChI=1S/C23H46NO7P/c1-3-5-7-8-9-10-11-12-13-14-15-18-28-20-22(31-23(25)16-6-4-2)21-30-32(26,27)29-19-17-24/h7-8,22H,3-6,9-21,24H2,1-2H3,(H,26,27)/b8-7-. The number of phosphoric acid groups is 1. The maximum atomic E-state index is 11.9. The summed E-state index contributed by atoms with van der Waals surface area (Å²) in [4.78, 5) is 21.6. The first-order valence-electron chi connectivity index (χ1n) is 12.2. The number of nitrogens with two attached hydrogens (primary N) is 1. The molecule has 2 atom stereocenters. The van der Waals surface area contributed by atoms with Gasteiger partial charge < -0.3 is 20.1 Å². The summed E-state index contributed by atoms with van der Waals surface area (Å²) in [6.45, 7) is 4.56. The van der Waals surface area contributed by atoms with Gasteiger partial charge in [-0.1, -0.05) is 64.5 Å². The van der Waals surface area contributed by atoms with Crippen LogP contribution in [0.5, 0.6) is 0 Å². The van der Waals surface area contributed by atoms with E-state index in [4.69, 9.17) is 24.3 Å². The molecule has 190 valence electrons. The van der Waals surface area contributed by atoms with Gasteiger partial charge in [0.15, 0.2) is 0 Å². The number of unbranched alkanes of at least 4 members (excludes halogenated alkanes) is 8. The Hall–Kier alpha value is -0.760. The van der Waals surface area contributed by atoms with E-state index in [1.54, 1.807) is 0 Å². The van der Waals surface area contributed by atoms with Crippen LogP contribution in [0.25, 0.3) is 0 Å². The molecule has 0 amide bonds. The third kappa shape index (κ3) is 21.1. The Morgan fingerprint density at radius 2 is 1.59 bits per heavy atom. The molecule has 0 spiro atoms. The van der Waals surface area contributed by atoms with Crippen molar-refractivity contribution < 1.29 is 32.8 Å². The molecule has 0 bridgehead atoms. The van der Waals surface area contributed by atoms with E-state index in [0.717, 1.165) is 25.7 Å². The fraction of sp³-hybridized carbons (Fsp3) is 0.870. The largest absolute Gasteiger partial charge is 0.472 e. The van der Waals surface area contributed by atoms with Crippen LogP contribution in [-0.2, 0) is 27.9 Å². The lowest BCUT2D eigenvalue weighted by Gasteiger charge is -2.20. The average Bonchev–Trinajstić information content (AvgIpc) is 2.77. The van der Waals surface area contributed by atoms with E-state index >= 15 is 0 Å². The summed E-state index contributed by atoms with van der Waals surface area (Å²) in [6.07, 6.45) is 16.1. The van der Waals surface area contributed by atoms with Gasteiger partial charge in [-0.25, -0.2) is 4.57 Å². The smallest absolute Gasteiger partial charge is 0.457 e. The Kier molecular flexibility index (Phi) is 21.5. The van der Waals surface area contributed by atoms with Crippen LogP contribution in [0, 0.1) is 0 Å². The molecule has 0 radical (unpaired) electrons. The first-order valence-corrected chi connectivity index (χ1v) is 13.7. The van der Waals surface area contributed by atoms with Crippen molar-refractivity contribution in [3.05, 3.63) is 12.2 Å². The van der Waals surface area contributed by atoms with Gasteiger partial charge >= 0.3 is 13.8 Å². The SMILES string of the molecule is CCC/C=C\CCCCCCCCOCC(COP(=O)(O)OCCN)OC(=O)CCCC. The lowest BCUT2D eigenvalue weighted by atomic mass is 10.1. The van der Waals surface area contributed by atoms with Gasteiger partial charge in [0, 0.05) is 19.6 Å². The Morgan fingerprint density at radius 3 is 2.28 bits per heavy atom. The lowest BCUT2D eigenvalue weighted by Crippen LogP contribution is -2.28. The third-order valence-corrected chi connectivity index (χ3v) is 5.65. The molecule has 0 rings (SSSR count). The minimum Gasteiger partial charge on any atom is -0.457 e. The molecule has 0 saturated heterocycles. The number of allylic oxidation sites excluding steroid dienone is 2. The van der Waals surface area contributed by atoms with Crippen LogP contribution in [-0.4, -0.2) is 49.9 Å². The summed E-state index contributed by atoms with van der Waals surface area (Å²) >= 11 is 0. The molecule has 0 aromatic rings. The second kappa shape index (κ2) is 22.1. The number of hydrogen-bond donors (Lipinski definition) is 2. The fourth-order valence-corrected chi connectivity index (χ4v) is 3.62. The fourth-order valence-electron chi connectivity index (χ4n) is 2.86. The zero-order valence-corrected chi connectivity index (χ0v) is 21.1. The summed E-state index contributed by atoms with van der Waals surface area (Å²) < 4.78 is 32.4. The second-order valence-corrected chi connectivity index (χ2v) is 9.30. The van der Waals surface area contributed by atoms with Crippen LogP contribution >= 0.6 is 7.82 Å². The van der Waals surface area contributed by atoms with Crippen LogP contribution in [0.1, 0.15) is 90.9 Å². The van der Waals surface area contributed by atoms with Gasteiger partial charge in [-0.2, -0.15) is 0 Å². The molecule has 0 aliphatic rings. The Bertz CT molecular complexity index is 517. The zero-order valence-electron chi connectivity index (χ0n) is 20.2. The Balaban J connectivity index is 4.05. The molecule has 3 N–H and O–H groups in total. The van der Waals surface area contributed by atoms with Crippen molar-refractivity contribution >= 4 is 13.8 Å². The number of rotatable bonds is 23. The number of phosphoric ester groups is 1. The van der Waals surface area contributed by atoms with Crippen molar-refractivity contribution in [2.75, 3.05) is 33.0 Å². The van der Waals surface area contributed by atoms with Gasteiger partial charge in [0.1, 0.15) is 6.10 Å². The molecule has 9 heteroatoms. The summed E-state index contributed by atoms with van der Waals surface area (Å²) in [5.74, 6) is -0.371. The molecule has 0 aliphatic heterocycles. The number of carbonyl (C=O) groups is 1. The normalized spacial score (nSPS) is 14.5. The lowest BCUT2D eigenvalue weighted by molar-refractivity contribution is -0.154. The van der Waals surface area contributed by atoms with Gasteiger partial charge in [-0.15, -0.1) is 0 Å². The Labute approximate surface area is 194 Å². The average molecular weight is 480 g/mol. The van der Waals surface area contributed by atoms with Crippen LogP contribution in [0.3, 0.4) is 0 Å². The minimum atomic E-state index is -4.23. The summed E-state index contributed by atoms with van der Waals surface area (Å²) in [5, 5.41) is 0. The van der Waals surface area contributed by atoms with Gasteiger partial charge in [0.05, 0.1) is 19.8 Å². The molecule has 0 fully saturated rings. The van der Waals surface area contributed by atoms with E-state index in [9.17, 15) is 14.3 Å². The van der Waals surface area contributed by atoms with E-state index in [1.807, 2.05) is 6.92 Å². The molecular formula is C23H46NO7P. The first-order chi connectivity index (χ1) is 15.4. The molecule has 0 aromatic carbocycles. The van der Waals surface area contributed by atoms with Crippen molar-refractivity contribution in [3.63, 3.8) is 0 Å².